The summed E-state index contributed by atoms with van der Waals surface area (Å²) in [4.78, 5) is 0. The van der Waals surface area contributed by atoms with Crippen molar-refractivity contribution in [1.82, 2.24) is 0 Å². The number of halogens is 1. The van der Waals surface area contributed by atoms with E-state index in [2.05, 4.69) is 12.2 Å². The third-order valence-electron chi connectivity index (χ3n) is 2.79. The van der Waals surface area contributed by atoms with E-state index in [0.29, 0.717) is 0 Å². The van der Waals surface area contributed by atoms with Gasteiger partial charge in [0.2, 0.25) is 0 Å². The first kappa shape index (κ1) is 15.3. The Balaban J connectivity index is 1.92. The Morgan fingerprint density at radius 1 is 1.11 bits per heavy atom. The Morgan fingerprint density at radius 3 is 2.72 bits per heavy atom. The van der Waals surface area contributed by atoms with Crippen molar-refractivity contribution < 1.29 is 4.74 Å². The average molecular weight is 270 g/mol. The molecule has 0 aromatic heterocycles. The highest BCUT2D eigenvalue weighted by atomic mass is 35.5. The highest BCUT2D eigenvalue weighted by Crippen LogP contribution is 2.14. The zero-order valence-electron chi connectivity index (χ0n) is 11.3. The zero-order valence-corrected chi connectivity index (χ0v) is 12.0. The van der Waals surface area contributed by atoms with E-state index in [0.717, 1.165) is 30.5 Å². The SMILES string of the molecule is CCCCCCCOCCNc1cccc(Cl)c1. The number of hydrogen-bond donors (Lipinski definition) is 1. The maximum Gasteiger partial charge on any atom is 0.0639 e. The summed E-state index contributed by atoms with van der Waals surface area (Å²) < 4.78 is 5.57. The molecule has 0 bridgehead atoms. The van der Waals surface area contributed by atoms with Crippen LogP contribution in [0.2, 0.25) is 5.02 Å². The molecule has 18 heavy (non-hydrogen) atoms. The van der Waals surface area contributed by atoms with Crippen molar-refractivity contribution in [3.63, 3.8) is 0 Å². The lowest BCUT2D eigenvalue weighted by Crippen LogP contribution is -2.09. The minimum atomic E-state index is 0.750. The van der Waals surface area contributed by atoms with Crippen LogP contribution in [-0.4, -0.2) is 19.8 Å². The van der Waals surface area contributed by atoms with Crippen molar-refractivity contribution in [2.75, 3.05) is 25.1 Å². The van der Waals surface area contributed by atoms with E-state index in [1.165, 1.54) is 32.1 Å². The normalized spacial score (nSPS) is 10.6. The molecule has 0 radical (unpaired) electrons. The van der Waals surface area contributed by atoms with Gasteiger partial charge in [-0.25, -0.2) is 0 Å². The third kappa shape index (κ3) is 7.57. The third-order valence-corrected chi connectivity index (χ3v) is 3.03. The van der Waals surface area contributed by atoms with E-state index >= 15 is 0 Å². The lowest BCUT2D eigenvalue weighted by Gasteiger charge is -2.07. The summed E-state index contributed by atoms with van der Waals surface area (Å²) in [7, 11) is 0. The molecule has 102 valence electrons. The molecule has 2 nitrogen and oxygen atoms in total. The number of hydrogen-bond acceptors (Lipinski definition) is 2. The molecule has 3 heteroatoms. The largest absolute Gasteiger partial charge is 0.383 e. The van der Waals surface area contributed by atoms with Crippen molar-refractivity contribution in [3.05, 3.63) is 29.3 Å². The summed E-state index contributed by atoms with van der Waals surface area (Å²) >= 11 is 5.90. The Labute approximate surface area is 116 Å². The van der Waals surface area contributed by atoms with Crippen LogP contribution >= 0.6 is 11.6 Å². The molecule has 0 unspecified atom stereocenters. The Hall–Kier alpha value is -0.730. The van der Waals surface area contributed by atoms with Gasteiger partial charge in [0.05, 0.1) is 6.61 Å². The summed E-state index contributed by atoms with van der Waals surface area (Å²) in [5.41, 5.74) is 1.05. The van der Waals surface area contributed by atoms with Gasteiger partial charge in [0, 0.05) is 23.9 Å². The fourth-order valence-corrected chi connectivity index (χ4v) is 1.97. The molecule has 0 aliphatic rings. The van der Waals surface area contributed by atoms with Crippen LogP contribution in [0.1, 0.15) is 39.0 Å². The van der Waals surface area contributed by atoms with Crippen LogP contribution < -0.4 is 5.32 Å². The number of benzene rings is 1. The number of rotatable bonds is 10. The second kappa shape index (κ2) is 10.2. The number of nitrogens with one attached hydrogen (secondary N) is 1. The van der Waals surface area contributed by atoms with E-state index in [1.807, 2.05) is 24.3 Å². The Kier molecular flexibility index (Phi) is 8.70. The van der Waals surface area contributed by atoms with Crippen LogP contribution in [0.3, 0.4) is 0 Å². The minimum absolute atomic E-state index is 0.750. The molecule has 1 N–H and O–H groups in total. The topological polar surface area (TPSA) is 21.3 Å². The van der Waals surface area contributed by atoms with Gasteiger partial charge in [-0.15, -0.1) is 0 Å². The molecular formula is C15H24ClNO. The molecular weight excluding hydrogens is 246 g/mol. The first-order chi connectivity index (χ1) is 8.83. The number of ether oxygens (including phenoxy) is 1. The molecule has 0 fully saturated rings. The van der Waals surface area contributed by atoms with Crippen molar-refractivity contribution in [2.24, 2.45) is 0 Å². The second-order valence-corrected chi connectivity index (χ2v) is 4.90. The second-order valence-electron chi connectivity index (χ2n) is 4.46. The van der Waals surface area contributed by atoms with Crippen LogP contribution in [0.15, 0.2) is 24.3 Å². The minimum Gasteiger partial charge on any atom is -0.383 e. The summed E-state index contributed by atoms with van der Waals surface area (Å²) in [6.07, 6.45) is 6.44. The van der Waals surface area contributed by atoms with Crippen molar-refractivity contribution in [2.45, 2.75) is 39.0 Å². The number of unbranched alkanes of at least 4 members (excludes halogenated alkanes) is 4. The quantitative estimate of drug-likeness (QED) is 0.620. The van der Waals surface area contributed by atoms with Crippen molar-refractivity contribution in [3.8, 4) is 0 Å². The van der Waals surface area contributed by atoms with E-state index in [1.54, 1.807) is 0 Å². The predicted octanol–water partition coefficient (Wildman–Crippen LogP) is 4.74. The zero-order chi connectivity index (χ0) is 13.1. The van der Waals surface area contributed by atoms with Crippen LogP contribution in [0, 0.1) is 0 Å². The van der Waals surface area contributed by atoms with Crippen molar-refractivity contribution >= 4 is 17.3 Å². The summed E-state index contributed by atoms with van der Waals surface area (Å²) in [6, 6.07) is 7.75. The highest BCUT2D eigenvalue weighted by molar-refractivity contribution is 6.30. The molecule has 0 spiro atoms. The van der Waals surface area contributed by atoms with E-state index < -0.39 is 0 Å². The van der Waals surface area contributed by atoms with Gasteiger partial charge in [-0.05, 0) is 24.6 Å². The molecule has 0 aliphatic carbocycles. The Morgan fingerprint density at radius 2 is 1.94 bits per heavy atom. The van der Waals surface area contributed by atoms with Gasteiger partial charge in [0.25, 0.3) is 0 Å². The standard InChI is InChI=1S/C15H24ClNO/c1-2-3-4-5-6-11-18-12-10-17-15-9-7-8-14(16)13-15/h7-9,13,17H,2-6,10-12H2,1H3. The van der Waals surface area contributed by atoms with Gasteiger partial charge < -0.3 is 10.1 Å². The van der Waals surface area contributed by atoms with Gasteiger partial charge in [-0.2, -0.15) is 0 Å². The van der Waals surface area contributed by atoms with Crippen LogP contribution in [0.5, 0.6) is 0 Å². The molecule has 0 atom stereocenters. The maximum absolute atomic E-state index is 5.90. The lowest BCUT2D eigenvalue weighted by atomic mass is 10.2. The average Bonchev–Trinajstić information content (AvgIpc) is 2.37. The van der Waals surface area contributed by atoms with E-state index in [4.69, 9.17) is 16.3 Å². The summed E-state index contributed by atoms with van der Waals surface area (Å²) in [5.74, 6) is 0. The smallest absolute Gasteiger partial charge is 0.0639 e. The van der Waals surface area contributed by atoms with Gasteiger partial charge in [-0.3, -0.25) is 0 Å². The molecule has 0 saturated carbocycles. The van der Waals surface area contributed by atoms with Gasteiger partial charge in [0.15, 0.2) is 0 Å². The highest BCUT2D eigenvalue weighted by Gasteiger charge is 1.93. The van der Waals surface area contributed by atoms with Crippen LogP contribution in [-0.2, 0) is 4.74 Å². The van der Waals surface area contributed by atoms with Crippen LogP contribution in [0.25, 0.3) is 0 Å². The molecule has 0 amide bonds. The molecule has 1 aromatic rings. The van der Waals surface area contributed by atoms with Gasteiger partial charge in [0.1, 0.15) is 0 Å². The predicted molar refractivity (Wildman–Crippen MR) is 79.5 cm³/mol. The fourth-order valence-electron chi connectivity index (χ4n) is 1.78. The monoisotopic (exact) mass is 269 g/mol. The van der Waals surface area contributed by atoms with Gasteiger partial charge in [-0.1, -0.05) is 50.3 Å². The first-order valence-corrected chi connectivity index (χ1v) is 7.28. The summed E-state index contributed by atoms with van der Waals surface area (Å²) in [5, 5.41) is 4.05. The number of anilines is 1. The van der Waals surface area contributed by atoms with E-state index in [-0.39, 0.29) is 0 Å². The fraction of sp³-hybridized carbons (Fsp3) is 0.600. The molecule has 0 saturated heterocycles. The maximum atomic E-state index is 5.90. The molecule has 0 aliphatic heterocycles. The Bertz CT molecular complexity index is 317. The molecule has 0 heterocycles. The van der Waals surface area contributed by atoms with Gasteiger partial charge >= 0.3 is 0 Å². The lowest BCUT2D eigenvalue weighted by molar-refractivity contribution is 0.139. The first-order valence-electron chi connectivity index (χ1n) is 6.90. The van der Waals surface area contributed by atoms with Crippen LogP contribution in [0.4, 0.5) is 5.69 Å². The molecule has 1 rings (SSSR count). The molecule has 1 aromatic carbocycles. The van der Waals surface area contributed by atoms with E-state index in [9.17, 15) is 0 Å². The summed E-state index contributed by atoms with van der Waals surface area (Å²) in [6.45, 7) is 4.69. The van der Waals surface area contributed by atoms with Crippen molar-refractivity contribution in [1.29, 1.82) is 0 Å².